The zero-order valence-electron chi connectivity index (χ0n) is 11.2. The second kappa shape index (κ2) is 11.3. The first kappa shape index (κ1) is 15.9. The first-order chi connectivity index (χ1) is 7.70. The molecule has 0 fully saturated rings. The van der Waals surface area contributed by atoms with Gasteiger partial charge in [-0.25, -0.2) is 0 Å². The molecule has 0 amide bonds. The fraction of sp³-hybridized carbons (Fsp3) is 1.00. The van der Waals surface area contributed by atoms with Crippen molar-refractivity contribution < 1.29 is 9.13 Å². The van der Waals surface area contributed by atoms with Crippen LogP contribution in [0.2, 0.25) is 0 Å². The average molecular weight is 233 g/mol. The molecule has 0 aromatic rings. The molecular weight excluding hydrogens is 205 g/mol. The minimum atomic E-state index is -0.203. The molecule has 0 saturated heterocycles. The van der Waals surface area contributed by atoms with E-state index in [1.54, 1.807) is 0 Å². The highest BCUT2D eigenvalue weighted by atomic mass is 19.1. The van der Waals surface area contributed by atoms with Crippen LogP contribution in [0.3, 0.4) is 0 Å². The predicted octanol–water partition coefficient (Wildman–Crippen LogP) is 3.26. The van der Waals surface area contributed by atoms with E-state index in [9.17, 15) is 4.39 Å². The number of alkyl halides is 1. The van der Waals surface area contributed by atoms with Crippen LogP contribution in [0.25, 0.3) is 0 Å². The quantitative estimate of drug-likeness (QED) is 0.508. The average Bonchev–Trinajstić information content (AvgIpc) is 2.26. The van der Waals surface area contributed by atoms with E-state index >= 15 is 0 Å². The summed E-state index contributed by atoms with van der Waals surface area (Å²) in [5, 5.41) is 0. The minimum Gasteiger partial charge on any atom is -0.379 e. The molecule has 0 bridgehead atoms. The number of nitrogens with zero attached hydrogens (tertiary/aromatic N) is 1. The molecule has 0 aliphatic rings. The molecule has 98 valence electrons. The van der Waals surface area contributed by atoms with Gasteiger partial charge in [0.15, 0.2) is 0 Å². The van der Waals surface area contributed by atoms with Crippen molar-refractivity contribution in [1.29, 1.82) is 0 Å². The Hall–Kier alpha value is -0.150. The van der Waals surface area contributed by atoms with Gasteiger partial charge in [0.1, 0.15) is 0 Å². The molecule has 0 saturated carbocycles. The number of unbranched alkanes of at least 4 members (excludes halogenated alkanes) is 1. The molecule has 2 nitrogen and oxygen atoms in total. The highest BCUT2D eigenvalue weighted by molar-refractivity contribution is 4.58. The summed E-state index contributed by atoms with van der Waals surface area (Å²) in [6.45, 7) is 9.93. The van der Waals surface area contributed by atoms with Crippen LogP contribution in [0.15, 0.2) is 0 Å². The molecular formula is C13H28FNO. The molecule has 3 heteroatoms. The maximum atomic E-state index is 12.1. The maximum Gasteiger partial charge on any atom is 0.0906 e. The lowest BCUT2D eigenvalue weighted by atomic mass is 10.3. The summed E-state index contributed by atoms with van der Waals surface area (Å²) in [7, 11) is 0. The first-order valence-corrected chi connectivity index (χ1v) is 6.60. The van der Waals surface area contributed by atoms with Crippen molar-refractivity contribution in [3.05, 3.63) is 0 Å². The Kier molecular flexibility index (Phi) is 11.2. The number of hydrogen-bond acceptors (Lipinski definition) is 2. The van der Waals surface area contributed by atoms with E-state index in [0.717, 1.165) is 32.7 Å². The number of ether oxygens (including phenoxy) is 1. The zero-order valence-corrected chi connectivity index (χ0v) is 11.2. The van der Waals surface area contributed by atoms with Crippen molar-refractivity contribution in [2.45, 2.75) is 52.6 Å². The fourth-order valence-electron chi connectivity index (χ4n) is 1.61. The summed E-state index contributed by atoms with van der Waals surface area (Å²) >= 11 is 0. The standard InChI is InChI=1S/C13H28FNO/c1-4-5-9-15(10-6-8-14)11-7-12-16-13(2)3/h13H,4-12H2,1-3H3. The van der Waals surface area contributed by atoms with Gasteiger partial charge in [-0.2, -0.15) is 0 Å². The van der Waals surface area contributed by atoms with Crippen LogP contribution in [-0.2, 0) is 4.74 Å². The van der Waals surface area contributed by atoms with Gasteiger partial charge in [-0.1, -0.05) is 13.3 Å². The van der Waals surface area contributed by atoms with Crippen LogP contribution >= 0.6 is 0 Å². The van der Waals surface area contributed by atoms with E-state index in [1.807, 2.05) is 0 Å². The second-order valence-electron chi connectivity index (χ2n) is 4.51. The van der Waals surface area contributed by atoms with E-state index in [2.05, 4.69) is 25.7 Å². The molecule has 0 aromatic carbocycles. The Labute approximate surface area is 100 Å². The summed E-state index contributed by atoms with van der Waals surface area (Å²) in [6.07, 6.45) is 4.43. The summed E-state index contributed by atoms with van der Waals surface area (Å²) in [4.78, 5) is 2.35. The normalized spacial score (nSPS) is 11.6. The Bertz CT molecular complexity index is 134. The van der Waals surface area contributed by atoms with Crippen molar-refractivity contribution in [2.75, 3.05) is 32.9 Å². The van der Waals surface area contributed by atoms with E-state index in [0.29, 0.717) is 12.5 Å². The molecule has 0 aliphatic heterocycles. The highest BCUT2D eigenvalue weighted by Crippen LogP contribution is 2.00. The molecule has 0 unspecified atom stereocenters. The van der Waals surface area contributed by atoms with Crippen LogP contribution in [0.5, 0.6) is 0 Å². The second-order valence-corrected chi connectivity index (χ2v) is 4.51. The fourth-order valence-corrected chi connectivity index (χ4v) is 1.61. The summed E-state index contributed by atoms with van der Waals surface area (Å²) in [5.41, 5.74) is 0. The van der Waals surface area contributed by atoms with Gasteiger partial charge >= 0.3 is 0 Å². The third-order valence-corrected chi connectivity index (χ3v) is 2.51. The summed E-state index contributed by atoms with van der Waals surface area (Å²) in [5.74, 6) is 0. The van der Waals surface area contributed by atoms with Crippen LogP contribution in [0.1, 0.15) is 46.5 Å². The Morgan fingerprint density at radius 2 is 1.69 bits per heavy atom. The molecule has 0 N–H and O–H groups in total. The Morgan fingerprint density at radius 3 is 2.25 bits per heavy atom. The van der Waals surface area contributed by atoms with Gasteiger partial charge in [-0.05, 0) is 39.7 Å². The van der Waals surface area contributed by atoms with Gasteiger partial charge in [0.05, 0.1) is 12.8 Å². The van der Waals surface area contributed by atoms with Crippen molar-refractivity contribution in [1.82, 2.24) is 4.90 Å². The van der Waals surface area contributed by atoms with Gasteiger partial charge in [0, 0.05) is 19.7 Å². The SMILES string of the molecule is CCCCN(CCCF)CCCOC(C)C. The summed E-state index contributed by atoms with van der Waals surface area (Å²) < 4.78 is 17.6. The molecule has 0 aliphatic carbocycles. The number of rotatable bonds is 11. The smallest absolute Gasteiger partial charge is 0.0906 e. The van der Waals surface area contributed by atoms with Gasteiger partial charge in [0.25, 0.3) is 0 Å². The molecule has 16 heavy (non-hydrogen) atoms. The van der Waals surface area contributed by atoms with Crippen molar-refractivity contribution >= 4 is 0 Å². The molecule has 0 heterocycles. The monoisotopic (exact) mass is 233 g/mol. The van der Waals surface area contributed by atoms with E-state index in [-0.39, 0.29) is 6.67 Å². The lowest BCUT2D eigenvalue weighted by Gasteiger charge is -2.21. The van der Waals surface area contributed by atoms with Crippen molar-refractivity contribution in [3.63, 3.8) is 0 Å². The van der Waals surface area contributed by atoms with Crippen molar-refractivity contribution in [3.8, 4) is 0 Å². The lowest BCUT2D eigenvalue weighted by Crippen LogP contribution is -2.28. The van der Waals surface area contributed by atoms with E-state index < -0.39 is 0 Å². The number of halogens is 1. The zero-order chi connectivity index (χ0) is 12.2. The minimum absolute atomic E-state index is 0.203. The van der Waals surface area contributed by atoms with E-state index in [4.69, 9.17) is 4.74 Å². The molecule has 0 spiro atoms. The number of hydrogen-bond donors (Lipinski definition) is 0. The predicted molar refractivity (Wildman–Crippen MR) is 67.6 cm³/mol. The van der Waals surface area contributed by atoms with Crippen molar-refractivity contribution in [2.24, 2.45) is 0 Å². The largest absolute Gasteiger partial charge is 0.379 e. The molecule has 0 aromatic heterocycles. The van der Waals surface area contributed by atoms with E-state index in [1.165, 1.54) is 12.8 Å². The third kappa shape index (κ3) is 10.4. The third-order valence-electron chi connectivity index (χ3n) is 2.51. The van der Waals surface area contributed by atoms with Gasteiger partial charge in [-0.3, -0.25) is 4.39 Å². The Morgan fingerprint density at radius 1 is 1.06 bits per heavy atom. The Balaban J connectivity index is 3.56. The topological polar surface area (TPSA) is 12.5 Å². The highest BCUT2D eigenvalue weighted by Gasteiger charge is 2.04. The maximum absolute atomic E-state index is 12.1. The van der Waals surface area contributed by atoms with Gasteiger partial charge in [0.2, 0.25) is 0 Å². The van der Waals surface area contributed by atoms with Crippen LogP contribution < -0.4 is 0 Å². The first-order valence-electron chi connectivity index (χ1n) is 6.60. The van der Waals surface area contributed by atoms with Crippen LogP contribution in [0.4, 0.5) is 4.39 Å². The van der Waals surface area contributed by atoms with Crippen LogP contribution in [-0.4, -0.2) is 43.9 Å². The van der Waals surface area contributed by atoms with Crippen LogP contribution in [0, 0.1) is 0 Å². The lowest BCUT2D eigenvalue weighted by molar-refractivity contribution is 0.0701. The summed E-state index contributed by atoms with van der Waals surface area (Å²) in [6, 6.07) is 0. The van der Waals surface area contributed by atoms with Gasteiger partial charge in [-0.15, -0.1) is 0 Å². The molecule has 0 rings (SSSR count). The van der Waals surface area contributed by atoms with Gasteiger partial charge < -0.3 is 9.64 Å². The molecule has 0 atom stereocenters. The molecule has 0 radical (unpaired) electrons.